The fraction of sp³-hybridized carbons (Fsp3) is 0.409. The lowest BCUT2D eigenvalue weighted by atomic mass is 9.95. The highest BCUT2D eigenvalue weighted by Gasteiger charge is 2.33. The quantitative estimate of drug-likeness (QED) is 0.771. The number of piperidine rings is 1. The Morgan fingerprint density at radius 3 is 2.50 bits per heavy atom. The molecular formula is C22H25FN2O3S2. The zero-order valence-corrected chi connectivity index (χ0v) is 18.4. The van der Waals surface area contributed by atoms with Gasteiger partial charge in [0.25, 0.3) is 0 Å². The second kappa shape index (κ2) is 8.69. The maximum atomic E-state index is 14.1. The van der Waals surface area contributed by atoms with E-state index in [-0.39, 0.29) is 28.6 Å². The first-order chi connectivity index (χ1) is 14.4. The number of rotatable bonds is 4. The van der Waals surface area contributed by atoms with E-state index in [9.17, 15) is 17.6 Å². The first kappa shape index (κ1) is 21.3. The Morgan fingerprint density at radius 2 is 1.80 bits per heavy atom. The molecule has 4 rings (SSSR count). The van der Waals surface area contributed by atoms with Gasteiger partial charge in [0.05, 0.1) is 10.9 Å². The molecule has 0 radical (unpaired) electrons. The molecule has 2 aromatic rings. The van der Waals surface area contributed by atoms with Crippen LogP contribution >= 0.6 is 11.8 Å². The fourth-order valence-corrected chi connectivity index (χ4v) is 6.65. The van der Waals surface area contributed by atoms with Gasteiger partial charge in [-0.15, -0.1) is 11.8 Å². The number of sulfonamides is 1. The molecule has 30 heavy (non-hydrogen) atoms. The molecule has 0 aromatic heterocycles. The Kier molecular flexibility index (Phi) is 6.18. The molecule has 0 bridgehead atoms. The van der Waals surface area contributed by atoms with Crippen LogP contribution in [0.15, 0.2) is 52.3 Å². The Morgan fingerprint density at radius 1 is 1.10 bits per heavy atom. The smallest absolute Gasteiger partial charge is 0.243 e. The third kappa shape index (κ3) is 4.26. The first-order valence-electron chi connectivity index (χ1n) is 10.1. The summed E-state index contributed by atoms with van der Waals surface area (Å²) in [5.41, 5.74) is 1.84. The number of carbonyl (C=O) groups excluding carboxylic acids is 1. The summed E-state index contributed by atoms with van der Waals surface area (Å²) >= 11 is 1.48. The lowest BCUT2D eigenvalue weighted by Crippen LogP contribution is -2.44. The van der Waals surface area contributed by atoms with Crippen LogP contribution in [0.2, 0.25) is 0 Å². The number of hydrogen-bond donors (Lipinski definition) is 1. The van der Waals surface area contributed by atoms with Crippen LogP contribution in [0.5, 0.6) is 0 Å². The van der Waals surface area contributed by atoms with Crippen LogP contribution in [-0.2, 0) is 14.8 Å². The summed E-state index contributed by atoms with van der Waals surface area (Å²) in [6.07, 6.45) is 1.72. The molecule has 1 fully saturated rings. The SMILES string of the molecule is Cc1ccc(S(=O)(=O)N2CCC(C(=O)N[C@H]3CCSc4c(F)cccc43)CC2)cc1. The zero-order valence-electron chi connectivity index (χ0n) is 16.8. The molecule has 160 valence electrons. The predicted octanol–water partition coefficient (Wildman–Crippen LogP) is 3.89. The molecule has 1 amide bonds. The van der Waals surface area contributed by atoms with E-state index in [4.69, 9.17) is 0 Å². The van der Waals surface area contributed by atoms with E-state index in [2.05, 4.69) is 5.32 Å². The van der Waals surface area contributed by atoms with Crippen molar-refractivity contribution in [2.24, 2.45) is 5.92 Å². The minimum absolute atomic E-state index is 0.0745. The number of halogens is 1. The maximum Gasteiger partial charge on any atom is 0.243 e. The summed E-state index contributed by atoms with van der Waals surface area (Å²) < 4.78 is 41.2. The number of amides is 1. The molecule has 2 aliphatic heterocycles. The summed E-state index contributed by atoms with van der Waals surface area (Å²) in [4.78, 5) is 13.8. The number of carbonyl (C=O) groups is 1. The van der Waals surface area contributed by atoms with Crippen LogP contribution < -0.4 is 5.32 Å². The highest BCUT2D eigenvalue weighted by atomic mass is 32.2. The van der Waals surface area contributed by atoms with Crippen LogP contribution in [0.1, 0.15) is 36.4 Å². The Labute approximate surface area is 181 Å². The lowest BCUT2D eigenvalue weighted by Gasteiger charge is -2.32. The number of nitrogens with zero attached hydrogens (tertiary/aromatic N) is 1. The normalized spacial score (nSPS) is 20.5. The number of thioether (sulfide) groups is 1. The van der Waals surface area contributed by atoms with E-state index < -0.39 is 10.0 Å². The predicted molar refractivity (Wildman–Crippen MR) is 115 cm³/mol. The van der Waals surface area contributed by atoms with E-state index in [0.717, 1.165) is 23.3 Å². The van der Waals surface area contributed by atoms with Gasteiger partial charge >= 0.3 is 0 Å². The average Bonchev–Trinajstić information content (AvgIpc) is 2.75. The third-order valence-electron chi connectivity index (χ3n) is 5.83. The van der Waals surface area contributed by atoms with Crippen LogP contribution in [0.25, 0.3) is 0 Å². The number of aryl methyl sites for hydroxylation is 1. The van der Waals surface area contributed by atoms with Gasteiger partial charge in [-0.3, -0.25) is 4.79 Å². The van der Waals surface area contributed by atoms with Crippen LogP contribution in [0.3, 0.4) is 0 Å². The van der Waals surface area contributed by atoms with Gasteiger partial charge in [0.1, 0.15) is 5.82 Å². The topological polar surface area (TPSA) is 66.5 Å². The van der Waals surface area contributed by atoms with Crippen molar-refractivity contribution < 1.29 is 17.6 Å². The highest BCUT2D eigenvalue weighted by Crippen LogP contribution is 2.38. The largest absolute Gasteiger partial charge is 0.349 e. The monoisotopic (exact) mass is 448 g/mol. The van der Waals surface area contributed by atoms with Crippen LogP contribution in [0, 0.1) is 18.7 Å². The van der Waals surface area contributed by atoms with Crippen LogP contribution in [0.4, 0.5) is 4.39 Å². The fourth-order valence-electron chi connectivity index (χ4n) is 4.04. The second-order valence-corrected chi connectivity index (χ2v) is 10.9. The highest BCUT2D eigenvalue weighted by molar-refractivity contribution is 7.99. The van der Waals surface area contributed by atoms with Gasteiger partial charge in [0.15, 0.2) is 0 Å². The van der Waals surface area contributed by atoms with Gasteiger partial charge in [-0.2, -0.15) is 4.31 Å². The van der Waals surface area contributed by atoms with Crippen molar-refractivity contribution in [3.05, 3.63) is 59.4 Å². The molecule has 2 aliphatic rings. The summed E-state index contributed by atoms with van der Waals surface area (Å²) in [5, 5.41) is 3.08. The second-order valence-electron chi connectivity index (χ2n) is 7.85. The molecule has 0 saturated carbocycles. The third-order valence-corrected chi connectivity index (χ3v) is 8.90. The van der Waals surface area contributed by atoms with E-state index in [1.165, 1.54) is 22.1 Å². The van der Waals surface area contributed by atoms with Crippen molar-refractivity contribution in [2.75, 3.05) is 18.8 Å². The van der Waals surface area contributed by atoms with E-state index >= 15 is 0 Å². The van der Waals surface area contributed by atoms with E-state index in [0.29, 0.717) is 30.8 Å². The minimum Gasteiger partial charge on any atom is -0.349 e. The molecule has 5 nitrogen and oxygen atoms in total. The lowest BCUT2D eigenvalue weighted by molar-refractivity contribution is -0.127. The Hall–Kier alpha value is -1.90. The molecule has 2 aromatic carbocycles. The number of fused-ring (bicyclic) bond motifs is 1. The number of hydrogen-bond acceptors (Lipinski definition) is 4. The number of benzene rings is 2. The summed E-state index contributed by atoms with van der Waals surface area (Å²) in [7, 11) is -3.54. The van der Waals surface area contributed by atoms with Gasteiger partial charge in [-0.25, -0.2) is 12.8 Å². The molecule has 1 atom stereocenters. The van der Waals surface area contributed by atoms with Gasteiger partial charge in [-0.05, 0) is 49.9 Å². The van der Waals surface area contributed by atoms with Crippen molar-refractivity contribution in [1.82, 2.24) is 9.62 Å². The van der Waals surface area contributed by atoms with Crippen molar-refractivity contribution >= 4 is 27.7 Å². The molecule has 2 heterocycles. The molecule has 1 N–H and O–H groups in total. The number of nitrogens with one attached hydrogen (secondary N) is 1. The van der Waals surface area contributed by atoms with Crippen molar-refractivity contribution in [2.45, 2.75) is 42.0 Å². The van der Waals surface area contributed by atoms with E-state index in [1.807, 2.05) is 13.0 Å². The minimum atomic E-state index is -3.54. The van der Waals surface area contributed by atoms with E-state index in [1.54, 1.807) is 30.3 Å². The average molecular weight is 449 g/mol. The van der Waals surface area contributed by atoms with Gasteiger partial charge in [-0.1, -0.05) is 29.8 Å². The van der Waals surface area contributed by atoms with Gasteiger partial charge in [0.2, 0.25) is 15.9 Å². The summed E-state index contributed by atoms with van der Waals surface area (Å²) in [5.74, 6) is 0.202. The van der Waals surface area contributed by atoms with Crippen LogP contribution in [-0.4, -0.2) is 37.5 Å². The first-order valence-corrected chi connectivity index (χ1v) is 12.6. The summed E-state index contributed by atoms with van der Waals surface area (Å²) in [6, 6.07) is 11.6. The van der Waals surface area contributed by atoms with Gasteiger partial charge in [0, 0.05) is 29.7 Å². The molecule has 1 saturated heterocycles. The van der Waals surface area contributed by atoms with Crippen molar-refractivity contribution in [3.63, 3.8) is 0 Å². The van der Waals surface area contributed by atoms with Crippen molar-refractivity contribution in [3.8, 4) is 0 Å². The molecule has 0 unspecified atom stereocenters. The molecule has 0 spiro atoms. The Balaban J connectivity index is 1.39. The van der Waals surface area contributed by atoms with Gasteiger partial charge < -0.3 is 5.32 Å². The Bertz CT molecular complexity index is 1030. The molecule has 0 aliphatic carbocycles. The summed E-state index contributed by atoms with van der Waals surface area (Å²) in [6.45, 7) is 2.55. The van der Waals surface area contributed by atoms with Crippen molar-refractivity contribution in [1.29, 1.82) is 0 Å². The maximum absolute atomic E-state index is 14.1. The standard InChI is InChI=1S/C22H25FN2O3S2/c1-15-5-7-17(8-6-15)30(27,28)25-12-9-16(10-13-25)22(26)24-20-11-14-29-21-18(20)3-2-4-19(21)23/h2-8,16,20H,9-14H2,1H3,(H,24,26)/t20-/m0/s1. The molecule has 8 heteroatoms. The zero-order chi connectivity index (χ0) is 21.3. The molecular weight excluding hydrogens is 423 g/mol.